The van der Waals surface area contributed by atoms with Gasteiger partial charge in [0.25, 0.3) is 0 Å². The number of hydrogen-bond donors (Lipinski definition) is 2. The van der Waals surface area contributed by atoms with Crippen molar-refractivity contribution in [2.24, 2.45) is 4.99 Å². The number of urea groups is 1. The molecule has 1 fully saturated rings. The van der Waals surface area contributed by atoms with E-state index in [1.807, 2.05) is 23.2 Å². The number of halogens is 2. The van der Waals surface area contributed by atoms with Crippen LogP contribution in [0.5, 0.6) is 0 Å². The third kappa shape index (κ3) is 5.17. The molecule has 6 nitrogen and oxygen atoms in total. The molecule has 0 aromatic heterocycles. The fourth-order valence-electron chi connectivity index (χ4n) is 2.28. The maximum absolute atomic E-state index is 11.9. The summed E-state index contributed by atoms with van der Waals surface area (Å²) in [5.74, 6) is 0.297. The minimum Gasteiger partial charge on any atom is -0.376 e. The Labute approximate surface area is 155 Å². The van der Waals surface area contributed by atoms with Crippen LogP contribution in [0.3, 0.4) is 0 Å². The van der Waals surface area contributed by atoms with E-state index in [2.05, 4.69) is 28.0 Å². The SMILES string of the molecule is O=C(/N=C1\CN(CCc2ccccc2)NO1)Nc1ccc(Cl)c(Cl)c1. The molecular weight excluding hydrogens is 363 g/mol. The van der Waals surface area contributed by atoms with Gasteiger partial charge in [-0.3, -0.25) is 0 Å². The summed E-state index contributed by atoms with van der Waals surface area (Å²) in [6.07, 6.45) is 0.861. The largest absolute Gasteiger partial charge is 0.376 e. The zero-order chi connectivity index (χ0) is 17.6. The Hall–Kier alpha value is -2.12. The van der Waals surface area contributed by atoms with E-state index in [-0.39, 0.29) is 0 Å². The van der Waals surface area contributed by atoms with Gasteiger partial charge in [-0.25, -0.2) is 9.80 Å². The standard InChI is InChI=1S/C17H16Cl2N4O2/c18-14-7-6-13(10-15(14)19)20-17(24)21-16-11-23(22-25-16)9-8-12-4-2-1-3-5-12/h1-7,10,22H,8-9,11H2,(H,20,24)/b21-16+. The summed E-state index contributed by atoms with van der Waals surface area (Å²) < 4.78 is 0. The van der Waals surface area contributed by atoms with Crippen LogP contribution in [0, 0.1) is 0 Å². The van der Waals surface area contributed by atoms with Crippen LogP contribution < -0.4 is 10.9 Å². The van der Waals surface area contributed by atoms with Crippen LogP contribution in [-0.4, -0.2) is 30.0 Å². The fourth-order valence-corrected chi connectivity index (χ4v) is 2.57. The minimum absolute atomic E-state index is 0.297. The van der Waals surface area contributed by atoms with E-state index in [9.17, 15) is 4.79 Å². The van der Waals surface area contributed by atoms with Crippen molar-refractivity contribution in [3.63, 3.8) is 0 Å². The van der Waals surface area contributed by atoms with Gasteiger partial charge in [0.2, 0.25) is 5.90 Å². The normalized spacial score (nSPS) is 16.0. The van der Waals surface area contributed by atoms with Crippen LogP contribution in [0.25, 0.3) is 0 Å². The Balaban J connectivity index is 1.50. The van der Waals surface area contributed by atoms with Crippen molar-refractivity contribution in [3.8, 4) is 0 Å². The van der Waals surface area contributed by atoms with Gasteiger partial charge in [-0.2, -0.15) is 4.99 Å². The van der Waals surface area contributed by atoms with Gasteiger partial charge in [-0.15, -0.1) is 0 Å². The molecule has 2 aromatic carbocycles. The number of amides is 2. The lowest BCUT2D eigenvalue weighted by atomic mass is 10.1. The number of hydrogen-bond acceptors (Lipinski definition) is 4. The number of carbonyl (C=O) groups excluding carboxylic acids is 1. The van der Waals surface area contributed by atoms with E-state index < -0.39 is 6.03 Å². The third-order valence-corrected chi connectivity index (χ3v) is 4.27. The molecule has 0 aliphatic carbocycles. The highest BCUT2D eigenvalue weighted by atomic mass is 35.5. The maximum atomic E-state index is 11.9. The van der Waals surface area contributed by atoms with Gasteiger partial charge in [-0.1, -0.05) is 59.1 Å². The summed E-state index contributed by atoms with van der Waals surface area (Å²) in [7, 11) is 0. The van der Waals surface area contributed by atoms with Crippen molar-refractivity contribution in [1.82, 2.24) is 10.6 Å². The van der Waals surface area contributed by atoms with Gasteiger partial charge < -0.3 is 10.2 Å². The molecule has 0 radical (unpaired) electrons. The second-order valence-electron chi connectivity index (χ2n) is 5.42. The summed E-state index contributed by atoms with van der Waals surface area (Å²) in [6.45, 7) is 1.14. The van der Waals surface area contributed by atoms with Crippen molar-refractivity contribution in [1.29, 1.82) is 0 Å². The van der Waals surface area contributed by atoms with E-state index in [1.54, 1.807) is 18.2 Å². The highest BCUT2D eigenvalue weighted by Crippen LogP contribution is 2.25. The van der Waals surface area contributed by atoms with Crippen molar-refractivity contribution in [3.05, 3.63) is 64.1 Å². The van der Waals surface area contributed by atoms with Crippen LogP contribution in [0.15, 0.2) is 53.5 Å². The van der Waals surface area contributed by atoms with Crippen molar-refractivity contribution < 1.29 is 9.63 Å². The molecule has 25 heavy (non-hydrogen) atoms. The topological polar surface area (TPSA) is 66.0 Å². The number of rotatable bonds is 4. The quantitative estimate of drug-likeness (QED) is 0.845. The number of aliphatic imine (C=N–C) groups is 1. The summed E-state index contributed by atoms with van der Waals surface area (Å²) in [5, 5.41) is 5.24. The zero-order valence-corrected chi connectivity index (χ0v) is 14.7. The number of nitrogens with zero attached hydrogens (tertiary/aromatic N) is 2. The van der Waals surface area contributed by atoms with Crippen LogP contribution in [0.2, 0.25) is 10.0 Å². The zero-order valence-electron chi connectivity index (χ0n) is 13.2. The van der Waals surface area contributed by atoms with Gasteiger partial charge >= 0.3 is 6.03 Å². The summed E-state index contributed by atoms with van der Waals surface area (Å²) in [4.78, 5) is 21.1. The summed E-state index contributed by atoms with van der Waals surface area (Å²) in [5.41, 5.74) is 4.49. The highest BCUT2D eigenvalue weighted by Gasteiger charge is 2.20. The molecule has 130 valence electrons. The Morgan fingerprint density at radius 2 is 2.00 bits per heavy atom. The van der Waals surface area contributed by atoms with E-state index >= 15 is 0 Å². The van der Waals surface area contributed by atoms with Gasteiger partial charge in [0, 0.05) is 12.2 Å². The first-order chi connectivity index (χ1) is 12.1. The smallest absolute Gasteiger partial charge is 0.348 e. The second kappa shape index (κ2) is 8.31. The van der Waals surface area contributed by atoms with Crippen molar-refractivity contribution in [2.75, 3.05) is 18.4 Å². The number of benzene rings is 2. The molecule has 0 spiro atoms. The monoisotopic (exact) mass is 378 g/mol. The molecule has 1 aliphatic rings. The first kappa shape index (κ1) is 17.7. The van der Waals surface area contributed by atoms with Gasteiger partial charge in [0.15, 0.2) is 0 Å². The minimum atomic E-state index is -0.542. The van der Waals surface area contributed by atoms with Gasteiger partial charge in [0.05, 0.1) is 16.6 Å². The molecule has 0 saturated carbocycles. The second-order valence-corrected chi connectivity index (χ2v) is 6.23. The number of carbonyl (C=O) groups is 1. The first-order valence-electron chi connectivity index (χ1n) is 7.65. The molecule has 2 amide bonds. The van der Waals surface area contributed by atoms with Crippen LogP contribution in [0.4, 0.5) is 10.5 Å². The van der Waals surface area contributed by atoms with Gasteiger partial charge in [-0.05, 0) is 30.2 Å². The Bertz CT molecular complexity index is 783. The molecule has 2 aromatic rings. The molecule has 1 aliphatic heterocycles. The molecule has 0 atom stereocenters. The molecule has 3 rings (SSSR count). The lowest BCUT2D eigenvalue weighted by Crippen LogP contribution is -2.32. The van der Waals surface area contributed by atoms with Crippen molar-refractivity contribution >= 4 is 40.8 Å². The molecule has 1 saturated heterocycles. The highest BCUT2D eigenvalue weighted by molar-refractivity contribution is 6.42. The third-order valence-electron chi connectivity index (χ3n) is 3.53. The van der Waals surface area contributed by atoms with Crippen LogP contribution in [0.1, 0.15) is 5.56 Å². The Morgan fingerprint density at radius 3 is 2.76 bits per heavy atom. The lowest BCUT2D eigenvalue weighted by Gasteiger charge is -2.10. The predicted octanol–water partition coefficient (Wildman–Crippen LogP) is 3.92. The summed E-state index contributed by atoms with van der Waals surface area (Å²) >= 11 is 11.8. The fraction of sp³-hybridized carbons (Fsp3) is 0.176. The van der Waals surface area contributed by atoms with Gasteiger partial charge in [0.1, 0.15) is 0 Å². The molecule has 0 unspecified atom stereocenters. The molecule has 1 heterocycles. The molecular formula is C17H16Cl2N4O2. The number of hydrazine groups is 1. The first-order valence-corrected chi connectivity index (χ1v) is 8.41. The number of anilines is 1. The van der Waals surface area contributed by atoms with E-state index in [0.29, 0.717) is 28.2 Å². The number of nitrogens with one attached hydrogen (secondary N) is 2. The lowest BCUT2D eigenvalue weighted by molar-refractivity contribution is 0.0565. The predicted molar refractivity (Wildman–Crippen MR) is 98.9 cm³/mol. The molecule has 0 bridgehead atoms. The molecule has 8 heteroatoms. The van der Waals surface area contributed by atoms with Crippen molar-refractivity contribution in [2.45, 2.75) is 6.42 Å². The average molecular weight is 379 g/mol. The Kier molecular flexibility index (Phi) is 5.88. The Morgan fingerprint density at radius 1 is 1.20 bits per heavy atom. The van der Waals surface area contributed by atoms with Crippen LogP contribution in [-0.2, 0) is 11.3 Å². The molecule has 2 N–H and O–H groups in total. The van der Waals surface area contributed by atoms with Crippen LogP contribution >= 0.6 is 23.2 Å². The average Bonchev–Trinajstić information content (AvgIpc) is 3.04. The van der Waals surface area contributed by atoms with E-state index in [4.69, 9.17) is 28.0 Å². The van der Waals surface area contributed by atoms with E-state index in [0.717, 1.165) is 13.0 Å². The maximum Gasteiger partial charge on any atom is 0.348 e. The summed E-state index contributed by atoms with van der Waals surface area (Å²) in [6, 6.07) is 14.4. The van der Waals surface area contributed by atoms with E-state index in [1.165, 1.54) is 5.56 Å².